The van der Waals surface area contributed by atoms with E-state index in [1.807, 2.05) is 18.2 Å². The number of nitrogen functional groups attached to an aromatic ring is 1. The highest BCUT2D eigenvalue weighted by Gasteiger charge is 1.95. The van der Waals surface area contributed by atoms with Gasteiger partial charge in [0.25, 0.3) is 0 Å². The van der Waals surface area contributed by atoms with E-state index in [1.165, 1.54) is 22.7 Å². The van der Waals surface area contributed by atoms with Gasteiger partial charge in [-0.2, -0.15) is 0 Å². The number of benzene rings is 2. The monoisotopic (exact) mass is 271 g/mol. The summed E-state index contributed by atoms with van der Waals surface area (Å²) in [6, 6.07) is 12.2. The molecule has 0 aromatic heterocycles. The fraction of sp³-hybridized carbons (Fsp3) is 0.188. The standard InChI is InChI=1S/C16H17NOS/c1-12(18)19-9-3-2-4-13-5-6-15-11-16(17)8-7-14(15)10-13/h2,4-8,10-11H,3,9,17H2,1H3. The van der Waals surface area contributed by atoms with Crippen LogP contribution in [-0.2, 0) is 4.79 Å². The zero-order valence-corrected chi connectivity index (χ0v) is 11.7. The average Bonchev–Trinajstić information content (AvgIpc) is 2.38. The van der Waals surface area contributed by atoms with E-state index >= 15 is 0 Å². The maximum atomic E-state index is 10.8. The molecule has 0 aliphatic rings. The van der Waals surface area contributed by atoms with Crippen molar-refractivity contribution in [2.24, 2.45) is 0 Å². The van der Waals surface area contributed by atoms with E-state index < -0.39 is 0 Å². The van der Waals surface area contributed by atoms with Gasteiger partial charge < -0.3 is 5.73 Å². The molecule has 0 amide bonds. The molecular weight excluding hydrogens is 254 g/mol. The second-order valence-electron chi connectivity index (χ2n) is 4.40. The SMILES string of the molecule is CC(=O)SCCC=Cc1ccc2cc(N)ccc2c1. The van der Waals surface area contributed by atoms with Crippen LogP contribution in [0.4, 0.5) is 5.69 Å². The Labute approximate surface area is 117 Å². The quantitative estimate of drug-likeness (QED) is 0.672. The predicted octanol–water partition coefficient (Wildman–Crippen LogP) is 4.11. The molecule has 2 nitrogen and oxygen atoms in total. The Bertz CT molecular complexity index is 619. The number of nitrogens with two attached hydrogens (primary N) is 1. The van der Waals surface area contributed by atoms with Gasteiger partial charge in [0.05, 0.1) is 0 Å². The van der Waals surface area contributed by atoms with Gasteiger partial charge in [-0.3, -0.25) is 4.79 Å². The van der Waals surface area contributed by atoms with Gasteiger partial charge in [0.2, 0.25) is 0 Å². The second kappa shape index (κ2) is 6.43. The van der Waals surface area contributed by atoms with Gasteiger partial charge in [-0.15, -0.1) is 0 Å². The molecule has 0 bridgehead atoms. The molecule has 2 N–H and O–H groups in total. The van der Waals surface area contributed by atoms with Crippen molar-refractivity contribution >= 4 is 39.4 Å². The highest BCUT2D eigenvalue weighted by Crippen LogP contribution is 2.19. The van der Waals surface area contributed by atoms with Gasteiger partial charge in [0.15, 0.2) is 5.12 Å². The molecule has 0 heterocycles. The van der Waals surface area contributed by atoms with Crippen LogP contribution in [-0.4, -0.2) is 10.9 Å². The third-order valence-corrected chi connectivity index (χ3v) is 3.63. The van der Waals surface area contributed by atoms with Gasteiger partial charge in [-0.25, -0.2) is 0 Å². The van der Waals surface area contributed by atoms with Crippen LogP contribution < -0.4 is 5.73 Å². The molecule has 3 heteroatoms. The summed E-state index contributed by atoms with van der Waals surface area (Å²) in [6.45, 7) is 1.60. The fourth-order valence-corrected chi connectivity index (χ4v) is 2.42. The summed E-state index contributed by atoms with van der Waals surface area (Å²) in [4.78, 5) is 10.8. The summed E-state index contributed by atoms with van der Waals surface area (Å²) >= 11 is 1.37. The van der Waals surface area contributed by atoms with Crippen LogP contribution >= 0.6 is 11.8 Å². The lowest BCUT2D eigenvalue weighted by molar-refractivity contribution is -0.109. The van der Waals surface area contributed by atoms with Gasteiger partial charge in [-0.1, -0.05) is 42.1 Å². The number of allylic oxidation sites excluding steroid dienone is 1. The van der Waals surface area contributed by atoms with E-state index in [1.54, 1.807) is 6.92 Å². The molecular formula is C16H17NOS. The Morgan fingerprint density at radius 1 is 1.21 bits per heavy atom. The lowest BCUT2D eigenvalue weighted by Gasteiger charge is -2.01. The Kier molecular flexibility index (Phi) is 4.63. The fourth-order valence-electron chi connectivity index (χ4n) is 1.88. The lowest BCUT2D eigenvalue weighted by Crippen LogP contribution is -1.84. The molecule has 0 unspecified atom stereocenters. The Morgan fingerprint density at radius 2 is 1.95 bits per heavy atom. The van der Waals surface area contributed by atoms with Crippen molar-refractivity contribution in [2.45, 2.75) is 13.3 Å². The summed E-state index contributed by atoms with van der Waals surface area (Å²) in [7, 11) is 0. The number of carbonyl (C=O) groups excluding carboxylic acids is 1. The molecule has 0 fully saturated rings. The maximum Gasteiger partial charge on any atom is 0.185 e. The minimum atomic E-state index is 0.177. The third-order valence-electron chi connectivity index (χ3n) is 2.79. The topological polar surface area (TPSA) is 43.1 Å². The normalized spacial score (nSPS) is 11.2. The second-order valence-corrected chi connectivity index (χ2v) is 5.67. The van der Waals surface area contributed by atoms with Crippen LogP contribution in [0.3, 0.4) is 0 Å². The Balaban J connectivity index is 2.03. The van der Waals surface area contributed by atoms with Crippen molar-refractivity contribution in [3.63, 3.8) is 0 Å². The molecule has 0 radical (unpaired) electrons. The van der Waals surface area contributed by atoms with E-state index in [4.69, 9.17) is 5.73 Å². The van der Waals surface area contributed by atoms with Crippen LogP contribution in [0.5, 0.6) is 0 Å². The van der Waals surface area contributed by atoms with Gasteiger partial charge in [-0.05, 0) is 41.0 Å². The minimum absolute atomic E-state index is 0.177. The summed E-state index contributed by atoms with van der Waals surface area (Å²) in [6.07, 6.45) is 5.11. The lowest BCUT2D eigenvalue weighted by atomic mass is 10.1. The van der Waals surface area contributed by atoms with E-state index in [-0.39, 0.29) is 5.12 Å². The van der Waals surface area contributed by atoms with E-state index in [2.05, 4.69) is 30.4 Å². The molecule has 2 rings (SSSR count). The van der Waals surface area contributed by atoms with Crippen molar-refractivity contribution in [3.05, 3.63) is 48.0 Å². The van der Waals surface area contributed by atoms with Gasteiger partial charge >= 0.3 is 0 Å². The first-order valence-electron chi connectivity index (χ1n) is 6.24. The van der Waals surface area contributed by atoms with Crippen molar-refractivity contribution in [2.75, 3.05) is 11.5 Å². The van der Waals surface area contributed by atoms with E-state index in [0.29, 0.717) is 0 Å². The van der Waals surface area contributed by atoms with Crippen molar-refractivity contribution in [1.29, 1.82) is 0 Å². The van der Waals surface area contributed by atoms with Crippen LogP contribution in [0.1, 0.15) is 18.9 Å². The highest BCUT2D eigenvalue weighted by molar-refractivity contribution is 8.13. The molecule has 98 valence electrons. The van der Waals surface area contributed by atoms with Crippen molar-refractivity contribution in [3.8, 4) is 0 Å². The first kappa shape index (κ1) is 13.7. The van der Waals surface area contributed by atoms with Crippen LogP contribution in [0, 0.1) is 0 Å². The first-order valence-corrected chi connectivity index (χ1v) is 7.23. The molecule has 0 saturated carbocycles. The molecule has 0 saturated heterocycles. The van der Waals surface area contributed by atoms with Crippen molar-refractivity contribution in [1.82, 2.24) is 0 Å². The van der Waals surface area contributed by atoms with Crippen LogP contribution in [0.2, 0.25) is 0 Å². The van der Waals surface area contributed by atoms with Crippen LogP contribution in [0.25, 0.3) is 16.8 Å². The minimum Gasteiger partial charge on any atom is -0.399 e. The number of hydrogen-bond donors (Lipinski definition) is 1. The number of fused-ring (bicyclic) bond motifs is 1. The number of anilines is 1. The number of rotatable bonds is 4. The third kappa shape index (κ3) is 4.14. The molecule has 0 spiro atoms. The zero-order chi connectivity index (χ0) is 13.7. The predicted molar refractivity (Wildman–Crippen MR) is 85.2 cm³/mol. The Hall–Kier alpha value is -1.74. The molecule has 19 heavy (non-hydrogen) atoms. The van der Waals surface area contributed by atoms with E-state index in [9.17, 15) is 4.79 Å². The molecule has 0 atom stereocenters. The van der Waals surface area contributed by atoms with Gasteiger partial charge in [0.1, 0.15) is 0 Å². The summed E-state index contributed by atoms with van der Waals surface area (Å²) in [5.74, 6) is 0.843. The molecule has 2 aromatic rings. The number of thioether (sulfide) groups is 1. The van der Waals surface area contributed by atoms with E-state index in [0.717, 1.165) is 23.2 Å². The molecule has 0 aliphatic carbocycles. The molecule has 0 aliphatic heterocycles. The maximum absolute atomic E-state index is 10.8. The van der Waals surface area contributed by atoms with Crippen LogP contribution in [0.15, 0.2) is 42.5 Å². The van der Waals surface area contributed by atoms with Gasteiger partial charge in [0, 0.05) is 18.4 Å². The average molecular weight is 271 g/mol. The summed E-state index contributed by atoms with van der Waals surface area (Å²) in [5.41, 5.74) is 7.72. The summed E-state index contributed by atoms with van der Waals surface area (Å²) < 4.78 is 0. The Morgan fingerprint density at radius 3 is 2.74 bits per heavy atom. The highest BCUT2D eigenvalue weighted by atomic mass is 32.2. The number of hydrogen-bond acceptors (Lipinski definition) is 3. The first-order chi connectivity index (χ1) is 9.15. The molecule has 2 aromatic carbocycles. The van der Waals surface area contributed by atoms with Crippen molar-refractivity contribution < 1.29 is 4.79 Å². The largest absolute Gasteiger partial charge is 0.399 e. The summed E-state index contributed by atoms with van der Waals surface area (Å²) in [5, 5.41) is 2.52. The number of carbonyl (C=O) groups is 1. The zero-order valence-electron chi connectivity index (χ0n) is 10.9. The smallest absolute Gasteiger partial charge is 0.185 e.